The summed E-state index contributed by atoms with van der Waals surface area (Å²) in [7, 11) is 3.32. The zero-order valence-corrected chi connectivity index (χ0v) is 19.5. The van der Waals surface area contributed by atoms with Gasteiger partial charge in [0.1, 0.15) is 22.3 Å². The molecule has 1 aromatic carbocycles. The van der Waals surface area contributed by atoms with Crippen molar-refractivity contribution < 1.29 is 19.0 Å². The number of rotatable bonds is 4. The van der Waals surface area contributed by atoms with Gasteiger partial charge < -0.3 is 14.2 Å². The van der Waals surface area contributed by atoms with Crippen LogP contribution in [0.2, 0.25) is 0 Å². The Bertz CT molecular complexity index is 1230. The first kappa shape index (κ1) is 21.8. The maximum absolute atomic E-state index is 13.1. The van der Waals surface area contributed by atoms with Gasteiger partial charge in [-0.3, -0.25) is 14.3 Å². The van der Waals surface area contributed by atoms with Gasteiger partial charge in [0.05, 0.1) is 13.2 Å². The summed E-state index contributed by atoms with van der Waals surface area (Å²) in [5.41, 5.74) is 0.216. The molecule has 5 rings (SSSR count). The molecule has 0 spiro atoms. The number of ether oxygens (including phenoxy) is 3. The maximum atomic E-state index is 13.1. The summed E-state index contributed by atoms with van der Waals surface area (Å²) in [5, 5.41) is 0.721. The first-order chi connectivity index (χ1) is 16.0. The van der Waals surface area contributed by atoms with Gasteiger partial charge in [0.15, 0.2) is 10.3 Å². The van der Waals surface area contributed by atoms with Gasteiger partial charge in [-0.2, -0.15) is 0 Å². The molecule has 0 radical (unpaired) electrons. The van der Waals surface area contributed by atoms with Crippen molar-refractivity contribution in [1.29, 1.82) is 0 Å². The number of fused-ring (bicyclic) bond motifs is 1. The summed E-state index contributed by atoms with van der Waals surface area (Å²) in [6.07, 6.45) is 2.87. The highest BCUT2D eigenvalue weighted by Crippen LogP contribution is 2.37. The third-order valence-electron chi connectivity index (χ3n) is 6.30. The van der Waals surface area contributed by atoms with E-state index in [0.29, 0.717) is 41.6 Å². The molecule has 1 amide bonds. The van der Waals surface area contributed by atoms with E-state index >= 15 is 0 Å². The highest BCUT2D eigenvalue weighted by atomic mass is 32.1. The topological polar surface area (TPSA) is 95.8 Å². The Morgan fingerprint density at radius 1 is 1.18 bits per heavy atom. The van der Waals surface area contributed by atoms with Crippen LogP contribution in [0.1, 0.15) is 48.5 Å². The molecule has 2 fully saturated rings. The molecule has 2 saturated heterocycles. The van der Waals surface area contributed by atoms with Crippen LogP contribution in [-0.4, -0.2) is 52.4 Å². The van der Waals surface area contributed by atoms with Crippen LogP contribution < -0.4 is 15.0 Å². The van der Waals surface area contributed by atoms with Gasteiger partial charge in [-0.05, 0) is 37.8 Å². The lowest BCUT2D eigenvalue weighted by Gasteiger charge is -2.22. The number of amides is 1. The van der Waals surface area contributed by atoms with E-state index < -0.39 is 6.09 Å². The average molecular weight is 471 g/mol. The molecule has 10 heteroatoms. The zero-order chi connectivity index (χ0) is 22.9. The second-order valence-corrected chi connectivity index (χ2v) is 9.33. The van der Waals surface area contributed by atoms with Crippen molar-refractivity contribution in [3.05, 3.63) is 45.5 Å². The Hall–Kier alpha value is -2.98. The van der Waals surface area contributed by atoms with Gasteiger partial charge in [0, 0.05) is 38.8 Å². The van der Waals surface area contributed by atoms with Crippen molar-refractivity contribution >= 4 is 27.8 Å². The minimum Gasteiger partial charge on any atom is -0.497 e. The number of thiazole rings is 1. The predicted molar refractivity (Wildman–Crippen MR) is 123 cm³/mol. The fourth-order valence-corrected chi connectivity index (χ4v) is 5.60. The van der Waals surface area contributed by atoms with Crippen LogP contribution in [0.4, 0.5) is 4.79 Å². The van der Waals surface area contributed by atoms with E-state index in [4.69, 9.17) is 19.2 Å². The van der Waals surface area contributed by atoms with Crippen molar-refractivity contribution in [2.75, 3.05) is 26.9 Å². The number of aromatic nitrogens is 3. The summed E-state index contributed by atoms with van der Waals surface area (Å²) in [4.78, 5) is 37.8. The van der Waals surface area contributed by atoms with Gasteiger partial charge in [-0.25, -0.2) is 14.8 Å². The molecule has 2 aliphatic heterocycles. The number of carbonyl (C=O) groups excluding carboxylic acids is 1. The first-order valence-electron chi connectivity index (χ1n) is 11.1. The molecule has 33 heavy (non-hydrogen) atoms. The van der Waals surface area contributed by atoms with E-state index in [1.807, 2.05) is 0 Å². The Balaban J connectivity index is 1.42. The maximum Gasteiger partial charge on any atom is 0.415 e. The molecule has 4 heterocycles. The summed E-state index contributed by atoms with van der Waals surface area (Å²) in [6, 6.07) is 6.71. The number of likely N-dealkylation sites (tertiary alicyclic amines) is 1. The molecule has 1 atom stereocenters. The second-order valence-electron chi connectivity index (χ2n) is 8.33. The monoisotopic (exact) mass is 470 g/mol. The van der Waals surface area contributed by atoms with E-state index in [-0.39, 0.29) is 17.5 Å². The molecule has 2 aromatic heterocycles. The quantitative estimate of drug-likeness (QED) is 0.575. The van der Waals surface area contributed by atoms with Gasteiger partial charge in [0.2, 0.25) is 0 Å². The number of benzene rings is 1. The molecule has 9 nitrogen and oxygen atoms in total. The van der Waals surface area contributed by atoms with Crippen LogP contribution in [0.25, 0.3) is 10.3 Å². The Labute approximate surface area is 194 Å². The van der Waals surface area contributed by atoms with E-state index in [9.17, 15) is 9.59 Å². The number of carbonyl (C=O) groups is 1. The molecule has 0 aliphatic carbocycles. The molecule has 0 unspecified atom stereocenters. The van der Waals surface area contributed by atoms with Crippen LogP contribution in [0.5, 0.6) is 11.5 Å². The van der Waals surface area contributed by atoms with E-state index in [1.165, 1.54) is 11.3 Å². The summed E-state index contributed by atoms with van der Waals surface area (Å²) < 4.78 is 17.9. The Morgan fingerprint density at radius 3 is 2.76 bits per heavy atom. The van der Waals surface area contributed by atoms with Crippen molar-refractivity contribution in [3.63, 3.8) is 0 Å². The van der Waals surface area contributed by atoms with E-state index in [1.54, 1.807) is 47.9 Å². The van der Waals surface area contributed by atoms with Gasteiger partial charge >= 0.3 is 6.09 Å². The second kappa shape index (κ2) is 9.11. The van der Waals surface area contributed by atoms with Gasteiger partial charge in [-0.1, -0.05) is 17.4 Å². The van der Waals surface area contributed by atoms with Gasteiger partial charge in [0.25, 0.3) is 5.56 Å². The molecule has 0 N–H and O–H groups in total. The standard InChI is InChI=1S/C23H26N4O5S/c1-26-19(14-8-11-31-12-9-14)25-21-18(22(26)28)24-20(33-21)17-7-4-10-27(17)23(29)32-16-6-3-5-15(13-16)30-2/h3,5-6,13-14,17H,4,7-12H2,1-2H3/t17-/m1/s1. The molecule has 2 aliphatic rings. The molecule has 174 valence electrons. The minimum atomic E-state index is -0.436. The average Bonchev–Trinajstić information content (AvgIpc) is 3.49. The molecule has 0 saturated carbocycles. The molecule has 3 aromatic rings. The van der Waals surface area contributed by atoms with Crippen LogP contribution in [0, 0.1) is 0 Å². The lowest BCUT2D eigenvalue weighted by Crippen LogP contribution is -2.33. The summed E-state index contributed by atoms with van der Waals surface area (Å²) in [6.45, 7) is 1.93. The summed E-state index contributed by atoms with van der Waals surface area (Å²) in [5.74, 6) is 2.02. The predicted octanol–water partition coefficient (Wildman–Crippen LogP) is 3.63. The van der Waals surface area contributed by atoms with Crippen LogP contribution in [0.15, 0.2) is 29.1 Å². The molecule has 0 bridgehead atoms. The number of methoxy groups -OCH3 is 1. The first-order valence-corrected chi connectivity index (χ1v) is 11.9. The van der Waals surface area contributed by atoms with Crippen molar-refractivity contribution in [2.24, 2.45) is 7.05 Å². The third kappa shape index (κ3) is 4.20. The van der Waals surface area contributed by atoms with Crippen LogP contribution >= 0.6 is 11.3 Å². The van der Waals surface area contributed by atoms with E-state index in [2.05, 4.69) is 4.98 Å². The van der Waals surface area contributed by atoms with Crippen LogP contribution in [-0.2, 0) is 11.8 Å². The smallest absolute Gasteiger partial charge is 0.415 e. The number of nitrogens with zero attached hydrogens (tertiary/aromatic N) is 4. The normalized spacial score (nSPS) is 19.2. The van der Waals surface area contributed by atoms with Crippen molar-refractivity contribution in [3.8, 4) is 11.5 Å². The van der Waals surface area contributed by atoms with Gasteiger partial charge in [-0.15, -0.1) is 0 Å². The molecular weight excluding hydrogens is 444 g/mol. The molecular formula is C23H26N4O5S. The summed E-state index contributed by atoms with van der Waals surface area (Å²) >= 11 is 1.39. The minimum absolute atomic E-state index is 0.146. The zero-order valence-electron chi connectivity index (χ0n) is 18.7. The Morgan fingerprint density at radius 2 is 1.97 bits per heavy atom. The SMILES string of the molecule is COc1cccc(OC(=O)N2CCC[C@@H]2c2nc3c(=O)n(C)c(C4CCOCC4)nc3s2)c1. The van der Waals surface area contributed by atoms with E-state index in [0.717, 1.165) is 36.5 Å². The van der Waals surface area contributed by atoms with Crippen molar-refractivity contribution in [2.45, 2.75) is 37.6 Å². The number of hydrogen-bond donors (Lipinski definition) is 0. The van der Waals surface area contributed by atoms with Crippen molar-refractivity contribution in [1.82, 2.24) is 19.4 Å². The largest absolute Gasteiger partial charge is 0.497 e. The third-order valence-corrected chi connectivity index (χ3v) is 7.35. The fourth-order valence-electron chi connectivity index (χ4n) is 4.51. The fraction of sp³-hybridized carbons (Fsp3) is 0.478. The highest BCUT2D eigenvalue weighted by Gasteiger charge is 2.34. The van der Waals surface area contributed by atoms with Crippen LogP contribution in [0.3, 0.4) is 0 Å². The lowest BCUT2D eigenvalue weighted by molar-refractivity contribution is 0.0828. The highest BCUT2D eigenvalue weighted by molar-refractivity contribution is 7.18. The number of hydrogen-bond acceptors (Lipinski definition) is 8. The lowest BCUT2D eigenvalue weighted by atomic mass is 9.99. The Kier molecular flexibility index (Phi) is 6.03.